The third kappa shape index (κ3) is 2.37. The first-order chi connectivity index (χ1) is 7.73. The first-order valence-corrected chi connectivity index (χ1v) is 6.61. The van der Waals surface area contributed by atoms with Crippen molar-refractivity contribution < 1.29 is 13.7 Å². The summed E-state index contributed by atoms with van der Waals surface area (Å²) < 4.78 is 26.3. The van der Waals surface area contributed by atoms with Gasteiger partial charge in [-0.05, 0) is 62.4 Å². The van der Waals surface area contributed by atoms with Crippen molar-refractivity contribution >= 4 is 35.2 Å². The Balaban J connectivity index is 2.32. The standard InChI is InChI=1S/C12H15BFIO2/c1-11(2)12(3,4)17-13(16-11)9-6-5-8(15)7-10(9)14/h5-7H,1-4H3. The van der Waals surface area contributed by atoms with Crippen LogP contribution in [0.2, 0.25) is 0 Å². The minimum atomic E-state index is -0.628. The summed E-state index contributed by atoms with van der Waals surface area (Å²) in [5.74, 6) is -0.282. The highest BCUT2D eigenvalue weighted by Gasteiger charge is 2.52. The van der Waals surface area contributed by atoms with E-state index in [1.807, 2.05) is 33.8 Å². The second-order valence-corrected chi connectivity index (χ2v) is 6.50. The van der Waals surface area contributed by atoms with Crippen molar-refractivity contribution in [3.63, 3.8) is 0 Å². The molecule has 0 N–H and O–H groups in total. The van der Waals surface area contributed by atoms with Crippen molar-refractivity contribution in [2.24, 2.45) is 0 Å². The molecule has 1 heterocycles. The second-order valence-electron chi connectivity index (χ2n) is 5.25. The zero-order valence-electron chi connectivity index (χ0n) is 10.4. The average Bonchev–Trinajstić information content (AvgIpc) is 2.35. The number of hydrogen-bond donors (Lipinski definition) is 0. The van der Waals surface area contributed by atoms with Gasteiger partial charge in [0, 0.05) is 9.03 Å². The molecule has 1 aliphatic heterocycles. The average molecular weight is 348 g/mol. The Bertz CT molecular complexity index is 432. The molecule has 2 rings (SSSR count). The highest BCUT2D eigenvalue weighted by atomic mass is 127. The van der Waals surface area contributed by atoms with Crippen LogP contribution in [0.15, 0.2) is 18.2 Å². The summed E-state index contributed by atoms with van der Waals surface area (Å²) in [5, 5.41) is 0. The summed E-state index contributed by atoms with van der Waals surface area (Å²) in [7, 11) is -0.628. The summed E-state index contributed by atoms with van der Waals surface area (Å²) >= 11 is 2.08. The summed E-state index contributed by atoms with van der Waals surface area (Å²) in [4.78, 5) is 0. The summed E-state index contributed by atoms with van der Waals surface area (Å²) in [5.41, 5.74) is -0.413. The number of hydrogen-bond acceptors (Lipinski definition) is 2. The van der Waals surface area contributed by atoms with E-state index in [0.717, 1.165) is 3.57 Å². The molecule has 1 saturated heterocycles. The quantitative estimate of drug-likeness (QED) is 0.574. The molecule has 0 spiro atoms. The fraction of sp³-hybridized carbons (Fsp3) is 0.500. The maximum Gasteiger partial charge on any atom is 0.497 e. The molecule has 1 aromatic carbocycles. The van der Waals surface area contributed by atoms with Crippen LogP contribution in [0.4, 0.5) is 4.39 Å². The smallest absolute Gasteiger partial charge is 0.399 e. The van der Waals surface area contributed by atoms with E-state index in [4.69, 9.17) is 9.31 Å². The van der Waals surface area contributed by atoms with Crippen LogP contribution in [0, 0.1) is 9.39 Å². The van der Waals surface area contributed by atoms with Crippen molar-refractivity contribution in [1.29, 1.82) is 0 Å². The largest absolute Gasteiger partial charge is 0.497 e. The van der Waals surface area contributed by atoms with Crippen molar-refractivity contribution in [3.8, 4) is 0 Å². The first-order valence-electron chi connectivity index (χ1n) is 5.53. The normalized spacial score (nSPS) is 21.9. The van der Waals surface area contributed by atoms with Crippen molar-refractivity contribution in [2.45, 2.75) is 38.9 Å². The monoisotopic (exact) mass is 348 g/mol. The molecule has 1 aromatic rings. The van der Waals surface area contributed by atoms with E-state index in [1.165, 1.54) is 6.07 Å². The van der Waals surface area contributed by atoms with Gasteiger partial charge in [-0.15, -0.1) is 0 Å². The van der Waals surface area contributed by atoms with Crippen LogP contribution in [-0.4, -0.2) is 18.3 Å². The van der Waals surface area contributed by atoms with E-state index in [1.54, 1.807) is 6.07 Å². The first kappa shape index (κ1) is 13.3. The maximum atomic E-state index is 13.8. The van der Waals surface area contributed by atoms with Gasteiger partial charge in [-0.2, -0.15) is 0 Å². The molecular weight excluding hydrogens is 333 g/mol. The van der Waals surface area contributed by atoms with Crippen molar-refractivity contribution in [3.05, 3.63) is 27.6 Å². The van der Waals surface area contributed by atoms with Crippen LogP contribution >= 0.6 is 22.6 Å². The summed E-state index contributed by atoms with van der Waals surface area (Å²) in [6.07, 6.45) is 0. The van der Waals surface area contributed by atoms with E-state index in [9.17, 15) is 4.39 Å². The number of halogens is 2. The van der Waals surface area contributed by atoms with E-state index in [-0.39, 0.29) is 5.82 Å². The van der Waals surface area contributed by atoms with Crippen LogP contribution in [0.1, 0.15) is 27.7 Å². The van der Waals surface area contributed by atoms with E-state index in [2.05, 4.69) is 22.6 Å². The maximum absolute atomic E-state index is 13.8. The third-order valence-electron chi connectivity index (χ3n) is 3.47. The summed E-state index contributed by atoms with van der Waals surface area (Å²) in [6.45, 7) is 7.82. The Hall–Kier alpha value is -0.135. The predicted molar refractivity (Wildman–Crippen MR) is 74.8 cm³/mol. The van der Waals surface area contributed by atoms with Crippen molar-refractivity contribution in [1.82, 2.24) is 0 Å². The van der Waals surface area contributed by atoms with Crippen LogP contribution in [-0.2, 0) is 9.31 Å². The molecule has 1 aliphatic rings. The molecule has 0 aliphatic carbocycles. The zero-order chi connectivity index (χ0) is 12.8. The third-order valence-corrected chi connectivity index (χ3v) is 4.14. The molecule has 2 nitrogen and oxygen atoms in total. The minimum absolute atomic E-state index is 0.282. The van der Waals surface area contributed by atoms with Crippen LogP contribution in [0.25, 0.3) is 0 Å². The molecule has 0 bridgehead atoms. The fourth-order valence-corrected chi connectivity index (χ4v) is 2.12. The minimum Gasteiger partial charge on any atom is -0.399 e. The molecule has 1 fully saturated rings. The second kappa shape index (κ2) is 4.21. The molecule has 0 aromatic heterocycles. The molecule has 0 saturated carbocycles. The van der Waals surface area contributed by atoms with Gasteiger partial charge in [0.15, 0.2) is 0 Å². The lowest BCUT2D eigenvalue weighted by Crippen LogP contribution is -2.41. The van der Waals surface area contributed by atoms with Gasteiger partial charge in [-0.25, -0.2) is 4.39 Å². The number of rotatable bonds is 1. The molecule has 0 atom stereocenters. The Labute approximate surface area is 115 Å². The molecule has 17 heavy (non-hydrogen) atoms. The van der Waals surface area contributed by atoms with Gasteiger partial charge in [-0.1, -0.05) is 6.07 Å². The van der Waals surface area contributed by atoms with Gasteiger partial charge >= 0.3 is 7.12 Å². The lowest BCUT2D eigenvalue weighted by atomic mass is 9.79. The SMILES string of the molecule is CC1(C)OB(c2ccc(I)cc2F)OC1(C)C. The van der Waals surface area contributed by atoms with Gasteiger partial charge in [0.2, 0.25) is 0 Å². The van der Waals surface area contributed by atoms with Gasteiger partial charge in [0.05, 0.1) is 11.2 Å². The zero-order valence-corrected chi connectivity index (χ0v) is 12.5. The Kier molecular flexibility index (Phi) is 3.29. The van der Waals surface area contributed by atoms with Crippen LogP contribution < -0.4 is 5.46 Å². The molecule has 0 unspecified atom stereocenters. The highest BCUT2D eigenvalue weighted by molar-refractivity contribution is 14.1. The Morgan fingerprint density at radius 3 is 2.12 bits per heavy atom. The van der Waals surface area contributed by atoms with Gasteiger partial charge < -0.3 is 9.31 Å². The molecule has 0 amide bonds. The van der Waals surface area contributed by atoms with Gasteiger partial charge in [0.1, 0.15) is 5.82 Å². The van der Waals surface area contributed by atoms with Crippen molar-refractivity contribution in [2.75, 3.05) is 0 Å². The van der Waals surface area contributed by atoms with E-state index < -0.39 is 18.3 Å². The fourth-order valence-electron chi connectivity index (χ4n) is 1.66. The van der Waals surface area contributed by atoms with E-state index >= 15 is 0 Å². The van der Waals surface area contributed by atoms with Crippen LogP contribution in [0.3, 0.4) is 0 Å². The summed E-state index contributed by atoms with van der Waals surface area (Å²) in [6, 6.07) is 5.06. The lowest BCUT2D eigenvalue weighted by Gasteiger charge is -2.32. The Morgan fingerprint density at radius 1 is 1.12 bits per heavy atom. The highest BCUT2D eigenvalue weighted by Crippen LogP contribution is 2.36. The number of benzene rings is 1. The van der Waals surface area contributed by atoms with Gasteiger partial charge in [0.25, 0.3) is 0 Å². The predicted octanol–water partition coefficient (Wildman–Crippen LogP) is 2.73. The lowest BCUT2D eigenvalue weighted by molar-refractivity contribution is 0.00578. The molecule has 5 heteroatoms. The van der Waals surface area contributed by atoms with Crippen LogP contribution in [0.5, 0.6) is 0 Å². The molecule has 92 valence electrons. The Morgan fingerprint density at radius 2 is 1.65 bits per heavy atom. The molecular formula is C12H15BFIO2. The molecule has 0 radical (unpaired) electrons. The topological polar surface area (TPSA) is 18.5 Å². The van der Waals surface area contributed by atoms with Gasteiger partial charge in [-0.3, -0.25) is 0 Å². The van der Waals surface area contributed by atoms with E-state index in [0.29, 0.717) is 5.46 Å².